The fourth-order valence-electron chi connectivity index (χ4n) is 2.48. The van der Waals surface area contributed by atoms with Gasteiger partial charge in [-0.2, -0.15) is 0 Å². The molecule has 110 valence electrons. The molecule has 2 unspecified atom stereocenters. The minimum absolute atomic E-state index is 0.107. The highest BCUT2D eigenvalue weighted by molar-refractivity contribution is 5.94. The second-order valence-corrected chi connectivity index (χ2v) is 5.35. The Morgan fingerprint density at radius 3 is 2.85 bits per heavy atom. The molecule has 5 nitrogen and oxygen atoms in total. The van der Waals surface area contributed by atoms with E-state index < -0.39 is 0 Å². The Morgan fingerprint density at radius 1 is 1.50 bits per heavy atom. The minimum atomic E-state index is -0.107. The molecular formula is C15H23N3O2. The lowest BCUT2D eigenvalue weighted by Crippen LogP contribution is -2.30. The maximum absolute atomic E-state index is 11.8. The van der Waals surface area contributed by atoms with Crippen LogP contribution in [-0.4, -0.2) is 43.7 Å². The number of hydrogen-bond acceptors (Lipinski definition) is 4. The minimum Gasteiger partial charge on any atom is -0.383 e. The van der Waals surface area contributed by atoms with E-state index >= 15 is 0 Å². The Balaban J connectivity index is 1.98. The Bertz CT molecular complexity index is 447. The van der Waals surface area contributed by atoms with Crippen molar-refractivity contribution >= 4 is 11.7 Å². The number of aromatic nitrogens is 1. The van der Waals surface area contributed by atoms with Gasteiger partial charge in [-0.15, -0.1) is 0 Å². The monoisotopic (exact) mass is 277 g/mol. The Labute approximate surface area is 120 Å². The molecule has 1 fully saturated rings. The normalized spacial score (nSPS) is 22.1. The van der Waals surface area contributed by atoms with Crippen LogP contribution in [0.2, 0.25) is 0 Å². The number of amides is 1. The van der Waals surface area contributed by atoms with Gasteiger partial charge in [-0.3, -0.25) is 4.79 Å². The summed E-state index contributed by atoms with van der Waals surface area (Å²) in [4.78, 5) is 18.6. The predicted molar refractivity (Wildman–Crippen MR) is 79.0 cm³/mol. The number of nitrogens with zero attached hydrogens (tertiary/aromatic N) is 2. The standard InChI is InChI=1S/C15H23N3O2/c1-11-6-8-18(12(11)2)14-5-4-13(10-17-14)15(19)16-7-9-20-3/h4-5,10-12H,6-9H2,1-3H3,(H,16,19). The highest BCUT2D eigenvalue weighted by atomic mass is 16.5. The van der Waals surface area contributed by atoms with Crippen LogP contribution in [0, 0.1) is 5.92 Å². The van der Waals surface area contributed by atoms with Crippen LogP contribution in [0.1, 0.15) is 30.6 Å². The molecule has 2 rings (SSSR count). The number of hydrogen-bond donors (Lipinski definition) is 1. The van der Waals surface area contributed by atoms with Gasteiger partial charge in [-0.05, 0) is 31.4 Å². The smallest absolute Gasteiger partial charge is 0.252 e. The summed E-state index contributed by atoms with van der Waals surface area (Å²) in [5.41, 5.74) is 0.588. The van der Waals surface area contributed by atoms with Gasteiger partial charge in [0.25, 0.3) is 5.91 Å². The zero-order chi connectivity index (χ0) is 14.5. The fraction of sp³-hybridized carbons (Fsp3) is 0.600. The maximum atomic E-state index is 11.8. The van der Waals surface area contributed by atoms with E-state index in [1.807, 2.05) is 12.1 Å². The fourth-order valence-corrected chi connectivity index (χ4v) is 2.48. The topological polar surface area (TPSA) is 54.5 Å². The first-order valence-corrected chi connectivity index (χ1v) is 7.13. The zero-order valence-electron chi connectivity index (χ0n) is 12.4. The molecule has 0 aliphatic carbocycles. The van der Waals surface area contributed by atoms with Crippen LogP contribution in [0.4, 0.5) is 5.82 Å². The maximum Gasteiger partial charge on any atom is 0.252 e. The molecule has 1 aromatic rings. The molecule has 20 heavy (non-hydrogen) atoms. The van der Waals surface area contributed by atoms with E-state index in [0.29, 0.717) is 30.7 Å². The molecule has 2 atom stereocenters. The van der Waals surface area contributed by atoms with Crippen molar-refractivity contribution in [2.45, 2.75) is 26.3 Å². The van der Waals surface area contributed by atoms with Crippen LogP contribution < -0.4 is 10.2 Å². The summed E-state index contributed by atoms with van der Waals surface area (Å²) >= 11 is 0. The van der Waals surface area contributed by atoms with Gasteiger partial charge in [-0.1, -0.05) is 6.92 Å². The van der Waals surface area contributed by atoms with Crippen molar-refractivity contribution in [3.8, 4) is 0 Å². The number of anilines is 1. The van der Waals surface area contributed by atoms with Crippen LogP contribution in [0.5, 0.6) is 0 Å². The molecule has 5 heteroatoms. The first-order chi connectivity index (χ1) is 9.63. The first-order valence-electron chi connectivity index (χ1n) is 7.13. The molecule has 0 radical (unpaired) electrons. The van der Waals surface area contributed by atoms with E-state index in [9.17, 15) is 4.79 Å². The highest BCUT2D eigenvalue weighted by Gasteiger charge is 2.28. The van der Waals surface area contributed by atoms with Crippen LogP contribution in [-0.2, 0) is 4.74 Å². The van der Waals surface area contributed by atoms with Crippen molar-refractivity contribution in [3.05, 3.63) is 23.9 Å². The molecule has 1 aliphatic heterocycles. The number of ether oxygens (including phenoxy) is 1. The molecule has 1 aliphatic rings. The molecular weight excluding hydrogens is 254 g/mol. The van der Waals surface area contributed by atoms with E-state index in [0.717, 1.165) is 12.4 Å². The van der Waals surface area contributed by atoms with Crippen molar-refractivity contribution in [2.75, 3.05) is 31.7 Å². The second-order valence-electron chi connectivity index (χ2n) is 5.35. The number of methoxy groups -OCH3 is 1. The van der Waals surface area contributed by atoms with Gasteiger partial charge in [0.05, 0.1) is 12.2 Å². The Kier molecular flexibility index (Phi) is 4.95. The molecule has 0 saturated carbocycles. The third kappa shape index (κ3) is 3.28. The molecule has 2 heterocycles. The van der Waals surface area contributed by atoms with Gasteiger partial charge in [0.2, 0.25) is 0 Å². The number of rotatable bonds is 5. The lowest BCUT2D eigenvalue weighted by atomic mass is 10.1. The van der Waals surface area contributed by atoms with E-state index in [1.165, 1.54) is 6.42 Å². The Morgan fingerprint density at radius 2 is 2.30 bits per heavy atom. The summed E-state index contributed by atoms with van der Waals surface area (Å²) in [7, 11) is 1.61. The molecule has 1 N–H and O–H groups in total. The summed E-state index contributed by atoms with van der Waals surface area (Å²) in [6.45, 7) is 6.56. The van der Waals surface area contributed by atoms with Crippen LogP contribution in [0.3, 0.4) is 0 Å². The van der Waals surface area contributed by atoms with Crippen molar-refractivity contribution in [3.63, 3.8) is 0 Å². The number of pyridine rings is 1. The highest BCUT2D eigenvalue weighted by Crippen LogP contribution is 2.27. The second kappa shape index (κ2) is 6.70. The summed E-state index contributed by atoms with van der Waals surface area (Å²) < 4.78 is 4.90. The number of nitrogens with one attached hydrogen (secondary N) is 1. The SMILES string of the molecule is COCCNC(=O)c1ccc(N2CCC(C)C2C)nc1. The van der Waals surface area contributed by atoms with Crippen molar-refractivity contribution < 1.29 is 9.53 Å². The largest absolute Gasteiger partial charge is 0.383 e. The predicted octanol–water partition coefficient (Wildman–Crippen LogP) is 1.69. The molecule has 1 saturated heterocycles. The molecule has 0 aromatic carbocycles. The van der Waals surface area contributed by atoms with Gasteiger partial charge in [0.15, 0.2) is 0 Å². The number of carbonyl (C=O) groups excluding carboxylic acids is 1. The van der Waals surface area contributed by atoms with E-state index in [-0.39, 0.29) is 5.91 Å². The summed E-state index contributed by atoms with van der Waals surface area (Å²) in [5.74, 6) is 1.54. The van der Waals surface area contributed by atoms with E-state index in [4.69, 9.17) is 4.74 Å². The third-order valence-corrected chi connectivity index (χ3v) is 4.04. The molecule has 1 aromatic heterocycles. The van der Waals surface area contributed by atoms with Gasteiger partial charge in [0, 0.05) is 32.4 Å². The third-order valence-electron chi connectivity index (χ3n) is 4.04. The molecule has 0 bridgehead atoms. The summed E-state index contributed by atoms with van der Waals surface area (Å²) in [6, 6.07) is 4.27. The van der Waals surface area contributed by atoms with Crippen molar-refractivity contribution in [1.29, 1.82) is 0 Å². The van der Waals surface area contributed by atoms with Gasteiger partial charge < -0.3 is 15.0 Å². The van der Waals surface area contributed by atoms with Crippen LogP contribution in [0.15, 0.2) is 18.3 Å². The zero-order valence-corrected chi connectivity index (χ0v) is 12.4. The van der Waals surface area contributed by atoms with Crippen LogP contribution >= 0.6 is 0 Å². The summed E-state index contributed by atoms with van der Waals surface area (Å²) in [5, 5.41) is 2.79. The van der Waals surface area contributed by atoms with Crippen molar-refractivity contribution in [1.82, 2.24) is 10.3 Å². The van der Waals surface area contributed by atoms with Crippen molar-refractivity contribution in [2.24, 2.45) is 5.92 Å². The average molecular weight is 277 g/mol. The Hall–Kier alpha value is -1.62. The quantitative estimate of drug-likeness (QED) is 0.832. The summed E-state index contributed by atoms with van der Waals surface area (Å²) in [6.07, 6.45) is 2.84. The number of carbonyl (C=O) groups is 1. The van der Waals surface area contributed by atoms with Gasteiger partial charge in [-0.25, -0.2) is 4.98 Å². The average Bonchev–Trinajstić information content (AvgIpc) is 2.79. The lowest BCUT2D eigenvalue weighted by molar-refractivity contribution is 0.0937. The van der Waals surface area contributed by atoms with E-state index in [1.54, 1.807) is 13.3 Å². The molecule has 0 spiro atoms. The lowest BCUT2D eigenvalue weighted by Gasteiger charge is -2.24. The van der Waals surface area contributed by atoms with Gasteiger partial charge in [0.1, 0.15) is 5.82 Å². The first kappa shape index (κ1) is 14.8. The van der Waals surface area contributed by atoms with Gasteiger partial charge >= 0.3 is 0 Å². The van der Waals surface area contributed by atoms with E-state index in [2.05, 4.69) is 29.0 Å². The molecule has 1 amide bonds. The van der Waals surface area contributed by atoms with Crippen LogP contribution in [0.25, 0.3) is 0 Å².